The van der Waals surface area contributed by atoms with Crippen LogP contribution in [0.15, 0.2) is 90.6 Å². The lowest BCUT2D eigenvalue weighted by molar-refractivity contribution is -0.123. The summed E-state index contributed by atoms with van der Waals surface area (Å²) in [6, 6.07) is 24.9. The van der Waals surface area contributed by atoms with E-state index in [0.29, 0.717) is 12.4 Å². The first-order valence-corrected chi connectivity index (χ1v) is 11.9. The molecule has 1 aliphatic heterocycles. The van der Waals surface area contributed by atoms with Gasteiger partial charge in [-0.2, -0.15) is 0 Å². The Kier molecular flexibility index (Phi) is 6.60. The third-order valence-electron chi connectivity index (χ3n) is 6.33. The van der Waals surface area contributed by atoms with Crippen molar-refractivity contribution < 1.29 is 18.7 Å². The van der Waals surface area contributed by atoms with E-state index in [1.807, 2.05) is 74.5 Å². The summed E-state index contributed by atoms with van der Waals surface area (Å²) < 4.78 is 21.0. The van der Waals surface area contributed by atoms with E-state index in [-0.39, 0.29) is 24.0 Å². The number of ether oxygens (including phenoxy) is 1. The van der Waals surface area contributed by atoms with E-state index >= 15 is 0 Å². The van der Waals surface area contributed by atoms with Gasteiger partial charge in [-0.25, -0.2) is 9.18 Å². The van der Waals surface area contributed by atoms with Gasteiger partial charge in [-0.05, 0) is 79.1 Å². The van der Waals surface area contributed by atoms with Crippen LogP contribution in [0.2, 0.25) is 0 Å². The fourth-order valence-electron chi connectivity index (χ4n) is 4.41. The van der Waals surface area contributed by atoms with Gasteiger partial charge in [0.15, 0.2) is 0 Å². The van der Waals surface area contributed by atoms with Crippen molar-refractivity contribution in [2.24, 2.45) is 0 Å². The van der Waals surface area contributed by atoms with Crippen LogP contribution in [0.5, 0.6) is 5.75 Å². The molecule has 1 fully saturated rings. The van der Waals surface area contributed by atoms with Gasteiger partial charge >= 0.3 is 6.03 Å². The Balaban J connectivity index is 1.31. The summed E-state index contributed by atoms with van der Waals surface area (Å²) in [7, 11) is 0. The number of nitrogens with zero attached hydrogens (tertiary/aromatic N) is 2. The van der Waals surface area contributed by atoms with Crippen LogP contribution in [-0.2, 0) is 17.9 Å². The third-order valence-corrected chi connectivity index (χ3v) is 6.33. The van der Waals surface area contributed by atoms with Gasteiger partial charge in [0.1, 0.15) is 23.9 Å². The number of carbonyl (C=O) groups is 2. The zero-order valence-electron chi connectivity index (χ0n) is 20.6. The summed E-state index contributed by atoms with van der Waals surface area (Å²) in [4.78, 5) is 26.6. The van der Waals surface area contributed by atoms with E-state index < -0.39 is 6.03 Å². The molecule has 1 aliphatic rings. The minimum absolute atomic E-state index is 0.220. The molecule has 37 heavy (non-hydrogen) atoms. The minimum Gasteiger partial charge on any atom is -0.489 e. The predicted molar refractivity (Wildman–Crippen MR) is 139 cm³/mol. The number of hydrogen-bond acceptors (Lipinski definition) is 3. The summed E-state index contributed by atoms with van der Waals surface area (Å²) in [6.07, 6.45) is 1.73. The van der Waals surface area contributed by atoms with Crippen molar-refractivity contribution in [1.82, 2.24) is 14.8 Å². The Morgan fingerprint density at radius 2 is 1.59 bits per heavy atom. The zero-order valence-corrected chi connectivity index (χ0v) is 20.6. The van der Waals surface area contributed by atoms with E-state index in [4.69, 9.17) is 4.74 Å². The summed E-state index contributed by atoms with van der Waals surface area (Å²) >= 11 is 0. The highest BCUT2D eigenvalue weighted by atomic mass is 19.1. The molecule has 1 N–H and O–H groups in total. The zero-order chi connectivity index (χ0) is 25.9. The summed E-state index contributed by atoms with van der Waals surface area (Å²) in [5, 5.41) is 2.71. The van der Waals surface area contributed by atoms with Crippen LogP contribution < -0.4 is 10.1 Å². The van der Waals surface area contributed by atoms with E-state index in [1.165, 1.54) is 17.0 Å². The maximum Gasteiger partial charge on any atom is 0.329 e. The van der Waals surface area contributed by atoms with E-state index in [9.17, 15) is 14.0 Å². The SMILES string of the molecule is Cc1cc(/C=C2/NC(=O)N(Cc3ccccc3)C2=O)c(C)n1-c1ccc(OCc2ccc(F)cc2)cc1. The second-order valence-electron chi connectivity index (χ2n) is 8.94. The molecule has 4 aromatic rings. The Bertz CT molecular complexity index is 1470. The Morgan fingerprint density at radius 3 is 2.30 bits per heavy atom. The number of benzene rings is 3. The molecule has 1 aromatic heterocycles. The van der Waals surface area contributed by atoms with E-state index in [0.717, 1.165) is 33.8 Å². The van der Waals surface area contributed by atoms with E-state index in [2.05, 4.69) is 9.88 Å². The van der Waals surface area contributed by atoms with Crippen LogP contribution in [-0.4, -0.2) is 21.4 Å². The van der Waals surface area contributed by atoms with Crippen molar-refractivity contribution in [3.05, 3.63) is 125 Å². The molecule has 3 aromatic carbocycles. The van der Waals surface area contributed by atoms with Gasteiger partial charge in [-0.1, -0.05) is 42.5 Å². The highest BCUT2D eigenvalue weighted by Crippen LogP contribution is 2.26. The number of amides is 3. The topological polar surface area (TPSA) is 63.6 Å². The van der Waals surface area contributed by atoms with Gasteiger partial charge < -0.3 is 14.6 Å². The van der Waals surface area contributed by atoms with Crippen LogP contribution >= 0.6 is 0 Å². The quantitative estimate of drug-likeness (QED) is 0.256. The van der Waals surface area contributed by atoms with Crippen molar-refractivity contribution in [2.45, 2.75) is 27.0 Å². The molecular weight excluding hydrogens is 469 g/mol. The van der Waals surface area contributed by atoms with Gasteiger partial charge in [0.25, 0.3) is 5.91 Å². The summed E-state index contributed by atoms with van der Waals surface area (Å²) in [5.41, 5.74) is 5.74. The molecule has 0 bridgehead atoms. The normalized spacial score (nSPS) is 14.4. The molecule has 0 radical (unpaired) electrons. The van der Waals surface area contributed by atoms with Gasteiger partial charge in [-0.3, -0.25) is 9.69 Å². The molecule has 6 nitrogen and oxygen atoms in total. The van der Waals surface area contributed by atoms with Crippen molar-refractivity contribution in [3.8, 4) is 11.4 Å². The molecule has 186 valence electrons. The number of nitrogens with one attached hydrogen (secondary N) is 1. The molecule has 0 atom stereocenters. The van der Waals surface area contributed by atoms with Gasteiger partial charge in [0.05, 0.1) is 6.54 Å². The van der Waals surface area contributed by atoms with Crippen LogP contribution in [0.4, 0.5) is 9.18 Å². The molecule has 0 saturated carbocycles. The van der Waals surface area contributed by atoms with Crippen LogP contribution in [0, 0.1) is 19.7 Å². The first-order chi connectivity index (χ1) is 17.9. The third kappa shape index (κ3) is 5.16. The molecular formula is C30H26FN3O3. The Morgan fingerprint density at radius 1 is 0.892 bits per heavy atom. The smallest absolute Gasteiger partial charge is 0.329 e. The number of aromatic nitrogens is 1. The monoisotopic (exact) mass is 495 g/mol. The highest BCUT2D eigenvalue weighted by molar-refractivity contribution is 6.14. The molecule has 3 amide bonds. The molecule has 1 saturated heterocycles. The standard InChI is InChI=1S/C30H26FN3O3/c1-20-16-24(17-28-29(35)33(30(36)32-28)18-22-6-4-3-5-7-22)21(2)34(20)26-12-14-27(15-13-26)37-19-23-8-10-25(31)11-9-23/h3-17H,18-19H2,1-2H3,(H,32,36)/b28-17+. The average molecular weight is 496 g/mol. The number of aryl methyl sites for hydroxylation is 1. The number of imide groups is 1. The summed E-state index contributed by atoms with van der Waals surface area (Å²) in [6.45, 7) is 4.53. The molecule has 0 unspecified atom stereocenters. The van der Waals surface area contributed by atoms with Gasteiger partial charge in [0.2, 0.25) is 0 Å². The number of hydrogen-bond donors (Lipinski definition) is 1. The molecule has 2 heterocycles. The van der Waals surface area contributed by atoms with Crippen LogP contribution in [0.25, 0.3) is 11.8 Å². The fourth-order valence-corrected chi connectivity index (χ4v) is 4.41. The first kappa shape index (κ1) is 24.1. The maximum absolute atomic E-state index is 13.1. The van der Waals surface area contributed by atoms with Gasteiger partial charge in [-0.15, -0.1) is 0 Å². The highest BCUT2D eigenvalue weighted by Gasteiger charge is 2.33. The lowest BCUT2D eigenvalue weighted by Crippen LogP contribution is -2.30. The van der Waals surface area contributed by atoms with Crippen LogP contribution in [0.1, 0.15) is 28.1 Å². The molecule has 0 aliphatic carbocycles. The predicted octanol–water partition coefficient (Wildman–Crippen LogP) is 5.91. The Labute approximate surface area is 214 Å². The molecule has 7 heteroatoms. The number of rotatable bonds is 7. The average Bonchev–Trinajstić information content (AvgIpc) is 3.33. The largest absolute Gasteiger partial charge is 0.489 e. The lowest BCUT2D eigenvalue weighted by Gasteiger charge is -2.12. The fraction of sp³-hybridized carbons (Fsp3) is 0.133. The second-order valence-corrected chi connectivity index (χ2v) is 8.94. The van der Waals surface area contributed by atoms with Crippen molar-refractivity contribution >= 4 is 18.0 Å². The Hall–Kier alpha value is -4.65. The second kappa shape index (κ2) is 10.1. The lowest BCUT2D eigenvalue weighted by atomic mass is 10.2. The number of halogens is 1. The van der Waals surface area contributed by atoms with Gasteiger partial charge in [0, 0.05) is 17.1 Å². The van der Waals surface area contributed by atoms with Crippen molar-refractivity contribution in [3.63, 3.8) is 0 Å². The summed E-state index contributed by atoms with van der Waals surface area (Å²) in [5.74, 6) is 0.0849. The molecule has 0 spiro atoms. The van der Waals surface area contributed by atoms with Crippen LogP contribution in [0.3, 0.4) is 0 Å². The van der Waals surface area contributed by atoms with Crippen molar-refractivity contribution in [2.75, 3.05) is 0 Å². The van der Waals surface area contributed by atoms with Crippen molar-refractivity contribution in [1.29, 1.82) is 0 Å². The number of carbonyl (C=O) groups excluding carboxylic acids is 2. The molecule has 5 rings (SSSR count). The van der Waals surface area contributed by atoms with E-state index in [1.54, 1.807) is 18.2 Å². The first-order valence-electron chi connectivity index (χ1n) is 11.9. The number of urea groups is 1. The minimum atomic E-state index is -0.426. The maximum atomic E-state index is 13.1.